The van der Waals surface area contributed by atoms with Crippen LogP contribution in [0, 0.1) is 13.8 Å². The van der Waals surface area contributed by atoms with Crippen LogP contribution in [0.4, 0.5) is 8.78 Å². The number of H-pyrrole nitrogens is 1. The van der Waals surface area contributed by atoms with Crippen molar-refractivity contribution in [3.05, 3.63) is 39.9 Å². The molecule has 0 aliphatic rings. The smallest absolute Gasteiger partial charge is 0.325 e. The number of thiophene rings is 1. The molecule has 0 saturated heterocycles. The minimum atomic E-state index is -3.36. The van der Waals surface area contributed by atoms with Crippen LogP contribution in [-0.2, 0) is 17.1 Å². The Morgan fingerprint density at radius 2 is 2.20 bits per heavy atom. The molecule has 7 nitrogen and oxygen atoms in total. The summed E-state index contributed by atoms with van der Waals surface area (Å²) >= 11 is 1.50. The first-order valence-electron chi connectivity index (χ1n) is 7.38. The molecule has 0 bridgehead atoms. The number of aryl methyl sites for hydroxylation is 2. The number of rotatable bonds is 6. The van der Waals surface area contributed by atoms with Gasteiger partial charge in [0.25, 0.3) is 0 Å². The Morgan fingerprint density at radius 3 is 2.84 bits per heavy atom. The lowest BCUT2D eigenvalue weighted by atomic mass is 10.2. The van der Waals surface area contributed by atoms with Gasteiger partial charge in [0.05, 0.1) is 18.7 Å². The van der Waals surface area contributed by atoms with Crippen molar-refractivity contribution in [1.82, 2.24) is 25.5 Å². The Morgan fingerprint density at radius 1 is 1.40 bits per heavy atom. The van der Waals surface area contributed by atoms with Gasteiger partial charge in [-0.05, 0) is 25.3 Å². The summed E-state index contributed by atoms with van der Waals surface area (Å²) in [4.78, 5) is 19.8. The average Bonchev–Trinajstić information content (AvgIpc) is 3.27. The number of oxazole rings is 1. The highest BCUT2D eigenvalue weighted by atomic mass is 32.1. The molecule has 0 spiro atoms. The summed E-state index contributed by atoms with van der Waals surface area (Å²) in [5, 5.41) is 11.7. The molecule has 10 heteroatoms. The summed E-state index contributed by atoms with van der Waals surface area (Å²) in [6.07, 6.45) is -0.150. The van der Waals surface area contributed by atoms with Gasteiger partial charge >= 0.3 is 5.92 Å². The van der Waals surface area contributed by atoms with Crippen LogP contribution in [0.5, 0.6) is 0 Å². The molecule has 0 fully saturated rings. The number of hydrogen-bond acceptors (Lipinski definition) is 6. The Bertz CT molecular complexity index is 873. The molecule has 0 radical (unpaired) electrons. The van der Waals surface area contributed by atoms with Gasteiger partial charge in [-0.2, -0.15) is 25.2 Å². The summed E-state index contributed by atoms with van der Waals surface area (Å²) in [6, 6.07) is 1.85. The quantitative estimate of drug-likeness (QED) is 0.698. The number of halogens is 2. The second kappa shape index (κ2) is 6.71. The third kappa shape index (κ3) is 3.90. The van der Waals surface area contributed by atoms with Gasteiger partial charge in [0.15, 0.2) is 0 Å². The number of nitrogens with one attached hydrogen (secondary N) is 2. The van der Waals surface area contributed by atoms with Crippen LogP contribution in [0.1, 0.15) is 23.1 Å². The number of nitrogens with zero attached hydrogens (tertiary/aromatic N) is 3. The molecular weight excluding hydrogens is 352 g/mol. The van der Waals surface area contributed by atoms with E-state index in [0.717, 1.165) is 5.56 Å². The lowest BCUT2D eigenvalue weighted by Gasteiger charge is -2.13. The molecule has 3 heterocycles. The largest absolute Gasteiger partial charge is 0.441 e. The molecular formula is C15H15F2N5O2S. The van der Waals surface area contributed by atoms with Crippen molar-refractivity contribution < 1.29 is 18.0 Å². The summed E-state index contributed by atoms with van der Waals surface area (Å²) in [5.41, 5.74) is 1.22. The fourth-order valence-electron chi connectivity index (χ4n) is 2.11. The second-order valence-corrected chi connectivity index (χ2v) is 6.22. The van der Waals surface area contributed by atoms with Gasteiger partial charge < -0.3 is 9.73 Å². The van der Waals surface area contributed by atoms with E-state index < -0.39 is 24.2 Å². The van der Waals surface area contributed by atoms with Crippen molar-refractivity contribution in [2.24, 2.45) is 0 Å². The second-order valence-electron chi connectivity index (χ2n) is 5.44. The topological polar surface area (TPSA) is 96.7 Å². The van der Waals surface area contributed by atoms with Gasteiger partial charge in [-0.25, -0.2) is 9.97 Å². The lowest BCUT2D eigenvalue weighted by molar-refractivity contribution is -0.122. The van der Waals surface area contributed by atoms with Gasteiger partial charge in [0, 0.05) is 10.9 Å². The summed E-state index contributed by atoms with van der Waals surface area (Å²) < 4.78 is 33.4. The van der Waals surface area contributed by atoms with E-state index in [1.165, 1.54) is 18.3 Å². The van der Waals surface area contributed by atoms with E-state index in [2.05, 4.69) is 25.5 Å². The maximum absolute atomic E-state index is 13.9. The van der Waals surface area contributed by atoms with Gasteiger partial charge in [-0.3, -0.25) is 9.89 Å². The normalized spacial score (nSPS) is 11.7. The molecule has 0 aliphatic heterocycles. The first kappa shape index (κ1) is 17.2. The highest BCUT2D eigenvalue weighted by Crippen LogP contribution is 2.25. The maximum atomic E-state index is 13.9. The SMILES string of the molecule is Cc1nc(C(F)(F)CNC(=O)Cc2nc(-c3ccsc3)oc2C)n[nH]1. The molecule has 132 valence electrons. The van der Waals surface area contributed by atoms with Crippen molar-refractivity contribution >= 4 is 17.2 Å². The summed E-state index contributed by atoms with van der Waals surface area (Å²) in [7, 11) is 0. The van der Waals surface area contributed by atoms with E-state index in [-0.39, 0.29) is 12.2 Å². The van der Waals surface area contributed by atoms with Crippen molar-refractivity contribution in [3.8, 4) is 11.5 Å². The third-order valence-electron chi connectivity index (χ3n) is 3.42. The fourth-order valence-corrected chi connectivity index (χ4v) is 2.74. The van der Waals surface area contributed by atoms with Crippen LogP contribution in [0.15, 0.2) is 21.2 Å². The fraction of sp³-hybridized carbons (Fsp3) is 0.333. The Balaban J connectivity index is 1.61. The molecule has 0 saturated carbocycles. The number of aromatic nitrogens is 4. The molecule has 3 aromatic rings. The minimum absolute atomic E-state index is 0.150. The predicted molar refractivity (Wildman–Crippen MR) is 86.3 cm³/mol. The average molecular weight is 367 g/mol. The molecule has 0 aromatic carbocycles. The van der Waals surface area contributed by atoms with Gasteiger partial charge in [-0.15, -0.1) is 0 Å². The molecule has 1 amide bonds. The Labute approximate surface area is 145 Å². The molecule has 3 aromatic heterocycles. The highest BCUT2D eigenvalue weighted by Gasteiger charge is 2.36. The van der Waals surface area contributed by atoms with Crippen LogP contribution in [0.25, 0.3) is 11.5 Å². The molecule has 2 N–H and O–H groups in total. The molecule has 0 atom stereocenters. The third-order valence-corrected chi connectivity index (χ3v) is 4.10. The van der Waals surface area contributed by atoms with E-state index in [1.807, 2.05) is 16.8 Å². The van der Waals surface area contributed by atoms with Gasteiger partial charge in [0.1, 0.15) is 11.6 Å². The van der Waals surface area contributed by atoms with E-state index in [4.69, 9.17) is 4.42 Å². The number of aromatic amines is 1. The summed E-state index contributed by atoms with van der Waals surface area (Å²) in [5.74, 6) is -3.43. The van der Waals surface area contributed by atoms with Crippen molar-refractivity contribution in [2.75, 3.05) is 6.54 Å². The first-order chi connectivity index (χ1) is 11.8. The zero-order valence-electron chi connectivity index (χ0n) is 13.5. The van der Waals surface area contributed by atoms with Crippen LogP contribution in [0.2, 0.25) is 0 Å². The monoisotopic (exact) mass is 367 g/mol. The standard InChI is InChI=1S/C15H15F2N5O2S/c1-8-11(20-13(24-8)10-3-4-25-6-10)5-12(23)18-7-15(16,17)14-19-9(2)21-22-14/h3-4,6H,5,7H2,1-2H3,(H,18,23)(H,19,21,22). The number of amides is 1. The van der Waals surface area contributed by atoms with E-state index >= 15 is 0 Å². The van der Waals surface area contributed by atoms with E-state index in [9.17, 15) is 13.6 Å². The van der Waals surface area contributed by atoms with Crippen LogP contribution < -0.4 is 5.32 Å². The molecule has 0 unspecified atom stereocenters. The highest BCUT2D eigenvalue weighted by molar-refractivity contribution is 7.08. The van der Waals surface area contributed by atoms with Crippen molar-refractivity contribution in [3.63, 3.8) is 0 Å². The zero-order valence-corrected chi connectivity index (χ0v) is 14.3. The van der Waals surface area contributed by atoms with Gasteiger partial charge in [0.2, 0.25) is 17.6 Å². The Hall–Kier alpha value is -2.62. The van der Waals surface area contributed by atoms with Crippen LogP contribution in [-0.4, -0.2) is 32.6 Å². The van der Waals surface area contributed by atoms with Crippen molar-refractivity contribution in [1.29, 1.82) is 0 Å². The summed E-state index contributed by atoms with van der Waals surface area (Å²) in [6.45, 7) is 2.30. The number of hydrogen-bond donors (Lipinski definition) is 2. The molecule has 0 aliphatic carbocycles. The van der Waals surface area contributed by atoms with Crippen molar-refractivity contribution in [2.45, 2.75) is 26.2 Å². The first-order valence-corrected chi connectivity index (χ1v) is 8.32. The predicted octanol–water partition coefficient (Wildman–Crippen LogP) is 2.59. The minimum Gasteiger partial charge on any atom is -0.441 e. The number of alkyl halides is 2. The van der Waals surface area contributed by atoms with Crippen LogP contribution >= 0.6 is 11.3 Å². The zero-order chi connectivity index (χ0) is 18.0. The maximum Gasteiger partial charge on any atom is 0.325 e. The number of carbonyl (C=O) groups excluding carboxylic acids is 1. The Kier molecular flexibility index (Phi) is 4.62. The molecule has 25 heavy (non-hydrogen) atoms. The number of carbonyl (C=O) groups is 1. The van der Waals surface area contributed by atoms with Gasteiger partial charge in [-0.1, -0.05) is 0 Å². The van der Waals surface area contributed by atoms with Crippen LogP contribution in [0.3, 0.4) is 0 Å². The van der Waals surface area contributed by atoms with E-state index in [1.54, 1.807) is 6.92 Å². The molecule has 3 rings (SSSR count). The lowest BCUT2D eigenvalue weighted by Crippen LogP contribution is -2.36. The van der Waals surface area contributed by atoms with E-state index in [0.29, 0.717) is 17.3 Å².